The van der Waals surface area contributed by atoms with Crippen molar-refractivity contribution in [3.05, 3.63) is 53.7 Å². The molecule has 1 N–H and O–H groups in total. The second-order valence-electron chi connectivity index (χ2n) is 5.33. The molecule has 0 bridgehead atoms. The standard InChI is InChI=1S/C18H18ClN3O2/c1-2-24-16-7-5-15(6-8-16)21-18(23)9-10-22-17-11-14(19)4-3-13(17)12-20-22/h3-8,11-12H,2,9-10H2,1H3,(H,21,23). The van der Waals surface area contributed by atoms with Crippen molar-refractivity contribution < 1.29 is 9.53 Å². The third-order valence-corrected chi connectivity index (χ3v) is 3.84. The van der Waals surface area contributed by atoms with Gasteiger partial charge in [0.2, 0.25) is 5.91 Å². The molecule has 1 aromatic heterocycles. The number of amides is 1. The van der Waals surface area contributed by atoms with Gasteiger partial charge in [-0.2, -0.15) is 5.10 Å². The Bertz CT molecular complexity index is 843. The number of ether oxygens (including phenoxy) is 1. The first-order valence-corrected chi connectivity index (χ1v) is 8.17. The lowest BCUT2D eigenvalue weighted by Crippen LogP contribution is -2.14. The fourth-order valence-corrected chi connectivity index (χ4v) is 2.62. The number of halogens is 1. The smallest absolute Gasteiger partial charge is 0.226 e. The van der Waals surface area contributed by atoms with Gasteiger partial charge in [0.05, 0.1) is 24.9 Å². The molecule has 124 valence electrons. The van der Waals surface area contributed by atoms with Gasteiger partial charge < -0.3 is 10.1 Å². The van der Waals surface area contributed by atoms with E-state index >= 15 is 0 Å². The van der Waals surface area contributed by atoms with Crippen molar-refractivity contribution in [3.63, 3.8) is 0 Å². The lowest BCUT2D eigenvalue weighted by atomic mass is 10.2. The number of hydrogen-bond acceptors (Lipinski definition) is 3. The van der Waals surface area contributed by atoms with Gasteiger partial charge in [-0.25, -0.2) is 0 Å². The number of benzene rings is 2. The second-order valence-corrected chi connectivity index (χ2v) is 5.76. The van der Waals surface area contributed by atoms with Crippen molar-refractivity contribution in [2.75, 3.05) is 11.9 Å². The summed E-state index contributed by atoms with van der Waals surface area (Å²) in [5.41, 5.74) is 1.67. The van der Waals surface area contributed by atoms with E-state index < -0.39 is 0 Å². The first-order valence-electron chi connectivity index (χ1n) is 7.79. The maximum atomic E-state index is 12.1. The van der Waals surface area contributed by atoms with E-state index in [9.17, 15) is 4.79 Å². The molecule has 0 aliphatic heterocycles. The van der Waals surface area contributed by atoms with Crippen LogP contribution in [0.2, 0.25) is 5.02 Å². The molecule has 0 unspecified atom stereocenters. The Morgan fingerprint density at radius 3 is 2.79 bits per heavy atom. The predicted molar refractivity (Wildman–Crippen MR) is 95.6 cm³/mol. The summed E-state index contributed by atoms with van der Waals surface area (Å²) in [7, 11) is 0. The molecule has 0 aliphatic rings. The highest BCUT2D eigenvalue weighted by Crippen LogP contribution is 2.19. The van der Waals surface area contributed by atoms with Crippen molar-refractivity contribution in [2.45, 2.75) is 19.9 Å². The normalized spacial score (nSPS) is 10.8. The number of aromatic nitrogens is 2. The minimum Gasteiger partial charge on any atom is -0.494 e. The molecule has 0 atom stereocenters. The summed E-state index contributed by atoms with van der Waals surface area (Å²) in [6.07, 6.45) is 2.10. The Morgan fingerprint density at radius 1 is 1.25 bits per heavy atom. The van der Waals surface area contributed by atoms with Gasteiger partial charge in [0, 0.05) is 22.5 Å². The number of fused-ring (bicyclic) bond motifs is 1. The number of rotatable bonds is 6. The Kier molecular flexibility index (Phi) is 5.01. The van der Waals surface area contributed by atoms with Gasteiger partial charge in [-0.1, -0.05) is 11.6 Å². The Morgan fingerprint density at radius 2 is 2.04 bits per heavy atom. The van der Waals surface area contributed by atoms with Crippen LogP contribution in [0.15, 0.2) is 48.7 Å². The van der Waals surface area contributed by atoms with Crippen LogP contribution < -0.4 is 10.1 Å². The summed E-state index contributed by atoms with van der Waals surface area (Å²) in [4.78, 5) is 12.1. The summed E-state index contributed by atoms with van der Waals surface area (Å²) in [5.74, 6) is 0.722. The van der Waals surface area contributed by atoms with Crippen molar-refractivity contribution >= 4 is 34.1 Å². The highest BCUT2D eigenvalue weighted by atomic mass is 35.5. The Balaban J connectivity index is 1.59. The van der Waals surface area contributed by atoms with Crippen LogP contribution in [0.1, 0.15) is 13.3 Å². The molecule has 3 rings (SSSR count). The lowest BCUT2D eigenvalue weighted by molar-refractivity contribution is -0.116. The van der Waals surface area contributed by atoms with Gasteiger partial charge in [0.25, 0.3) is 0 Å². The van der Waals surface area contributed by atoms with Gasteiger partial charge in [0.1, 0.15) is 5.75 Å². The van der Waals surface area contributed by atoms with Crippen molar-refractivity contribution in [2.24, 2.45) is 0 Å². The topological polar surface area (TPSA) is 56.1 Å². The molecule has 0 spiro atoms. The number of aryl methyl sites for hydroxylation is 1. The zero-order valence-electron chi connectivity index (χ0n) is 13.3. The van der Waals surface area contributed by atoms with E-state index in [4.69, 9.17) is 16.3 Å². The largest absolute Gasteiger partial charge is 0.494 e. The molecule has 1 amide bonds. The molecule has 0 fully saturated rings. The lowest BCUT2D eigenvalue weighted by Gasteiger charge is -2.08. The van der Waals surface area contributed by atoms with Gasteiger partial charge in [-0.15, -0.1) is 0 Å². The fourth-order valence-electron chi connectivity index (χ4n) is 2.45. The Labute approximate surface area is 145 Å². The summed E-state index contributed by atoms with van der Waals surface area (Å²) in [6, 6.07) is 12.9. The highest BCUT2D eigenvalue weighted by molar-refractivity contribution is 6.31. The Hall–Kier alpha value is -2.53. The average Bonchev–Trinajstić information content (AvgIpc) is 2.97. The number of nitrogens with one attached hydrogen (secondary N) is 1. The zero-order chi connectivity index (χ0) is 16.9. The molecule has 0 saturated heterocycles. The van der Waals surface area contributed by atoms with E-state index in [1.807, 2.05) is 49.4 Å². The molecule has 5 nitrogen and oxygen atoms in total. The van der Waals surface area contributed by atoms with Gasteiger partial charge in [0.15, 0.2) is 0 Å². The van der Waals surface area contributed by atoms with Crippen LogP contribution in [-0.2, 0) is 11.3 Å². The second kappa shape index (κ2) is 7.36. The van der Waals surface area contributed by atoms with E-state index in [1.165, 1.54) is 0 Å². The van der Waals surface area contributed by atoms with Crippen LogP contribution in [0.25, 0.3) is 10.9 Å². The number of hydrogen-bond donors (Lipinski definition) is 1. The molecular weight excluding hydrogens is 326 g/mol. The third kappa shape index (κ3) is 3.86. The van der Waals surface area contributed by atoms with Gasteiger partial charge in [-0.3, -0.25) is 9.48 Å². The minimum absolute atomic E-state index is 0.0650. The third-order valence-electron chi connectivity index (χ3n) is 3.61. The van der Waals surface area contributed by atoms with Crippen LogP contribution in [-0.4, -0.2) is 22.3 Å². The average molecular weight is 344 g/mol. The van der Waals surface area contributed by atoms with Crippen molar-refractivity contribution in [1.82, 2.24) is 9.78 Å². The molecule has 0 saturated carbocycles. The SMILES string of the molecule is CCOc1ccc(NC(=O)CCn2ncc3ccc(Cl)cc32)cc1. The quantitative estimate of drug-likeness (QED) is 0.732. The number of anilines is 1. The first-order chi connectivity index (χ1) is 11.7. The van der Waals surface area contributed by atoms with E-state index in [0.29, 0.717) is 24.6 Å². The molecule has 3 aromatic rings. The van der Waals surface area contributed by atoms with Crippen molar-refractivity contribution in [1.29, 1.82) is 0 Å². The number of carbonyl (C=O) groups excluding carboxylic acids is 1. The summed E-state index contributed by atoms with van der Waals surface area (Å²) in [6.45, 7) is 3.04. The molecule has 0 radical (unpaired) electrons. The molecule has 2 aromatic carbocycles. The van der Waals surface area contributed by atoms with E-state index in [2.05, 4.69) is 10.4 Å². The highest BCUT2D eigenvalue weighted by Gasteiger charge is 2.07. The summed E-state index contributed by atoms with van der Waals surface area (Å²) < 4.78 is 7.17. The van der Waals surface area contributed by atoms with E-state index in [1.54, 1.807) is 10.9 Å². The molecule has 6 heteroatoms. The fraction of sp³-hybridized carbons (Fsp3) is 0.222. The molecule has 24 heavy (non-hydrogen) atoms. The maximum absolute atomic E-state index is 12.1. The van der Waals surface area contributed by atoms with Gasteiger partial charge >= 0.3 is 0 Å². The first kappa shape index (κ1) is 16.3. The van der Waals surface area contributed by atoms with Crippen LogP contribution in [0.3, 0.4) is 0 Å². The monoisotopic (exact) mass is 343 g/mol. The molecular formula is C18H18ClN3O2. The van der Waals surface area contributed by atoms with Crippen molar-refractivity contribution in [3.8, 4) is 5.75 Å². The van der Waals surface area contributed by atoms with Crippen LogP contribution in [0.5, 0.6) is 5.75 Å². The summed E-state index contributed by atoms with van der Waals surface area (Å²) >= 11 is 6.02. The maximum Gasteiger partial charge on any atom is 0.226 e. The summed E-state index contributed by atoms with van der Waals surface area (Å²) in [5, 5.41) is 8.84. The van der Waals surface area contributed by atoms with Crippen LogP contribution in [0.4, 0.5) is 5.69 Å². The number of carbonyl (C=O) groups is 1. The molecule has 0 aliphatic carbocycles. The van der Waals surface area contributed by atoms with Gasteiger partial charge in [-0.05, 0) is 49.4 Å². The molecule has 1 heterocycles. The van der Waals surface area contributed by atoms with Crippen LogP contribution in [0, 0.1) is 0 Å². The minimum atomic E-state index is -0.0650. The predicted octanol–water partition coefficient (Wildman–Crippen LogP) is 4.12. The van der Waals surface area contributed by atoms with E-state index in [-0.39, 0.29) is 5.91 Å². The zero-order valence-corrected chi connectivity index (χ0v) is 14.1. The van der Waals surface area contributed by atoms with E-state index in [0.717, 1.165) is 22.3 Å². The van der Waals surface area contributed by atoms with Crippen LogP contribution >= 0.6 is 11.6 Å². The number of nitrogens with zero attached hydrogens (tertiary/aromatic N) is 2.